The van der Waals surface area contributed by atoms with Crippen LogP contribution in [-0.4, -0.2) is 0 Å². The molecule has 2 saturated carbocycles. The van der Waals surface area contributed by atoms with E-state index in [9.17, 15) is 0 Å². The minimum Gasteiger partial charge on any atom is -0.0654 e. The van der Waals surface area contributed by atoms with Crippen LogP contribution in [0.5, 0.6) is 0 Å². The molecule has 0 saturated heterocycles. The molecule has 0 aromatic rings. The molecule has 2 aliphatic carbocycles. The fourth-order valence-electron chi connectivity index (χ4n) is 5.50. The van der Waals surface area contributed by atoms with Gasteiger partial charge in [-0.05, 0) is 24.2 Å². The van der Waals surface area contributed by atoms with Gasteiger partial charge in [0.2, 0.25) is 0 Å². The van der Waals surface area contributed by atoms with E-state index in [0.29, 0.717) is 0 Å². The van der Waals surface area contributed by atoms with Gasteiger partial charge in [0.1, 0.15) is 0 Å². The van der Waals surface area contributed by atoms with Crippen molar-refractivity contribution >= 4 is 0 Å². The summed E-state index contributed by atoms with van der Waals surface area (Å²) in [7, 11) is 0. The first-order chi connectivity index (χ1) is 11.4. The second-order valence-corrected chi connectivity index (χ2v) is 8.72. The summed E-state index contributed by atoms with van der Waals surface area (Å²) in [6.07, 6.45) is 28.8. The Kier molecular flexibility index (Phi) is 10.4. The van der Waals surface area contributed by atoms with Gasteiger partial charge in [-0.3, -0.25) is 0 Å². The topological polar surface area (TPSA) is 0 Å². The molecule has 0 N–H and O–H groups in total. The standard InChI is InChI=1S/C23H44/c1-2-3-4-5-6-7-8-9-10-11-12-16-21-18-15-19-22-17-13-14-20-23(21)22/h21-23H,2-20H2,1H3. The van der Waals surface area contributed by atoms with Crippen LogP contribution in [-0.2, 0) is 0 Å². The zero-order valence-corrected chi connectivity index (χ0v) is 16.2. The van der Waals surface area contributed by atoms with Crippen LogP contribution in [0.25, 0.3) is 0 Å². The van der Waals surface area contributed by atoms with E-state index in [1.807, 2.05) is 0 Å². The summed E-state index contributed by atoms with van der Waals surface area (Å²) >= 11 is 0. The van der Waals surface area contributed by atoms with Gasteiger partial charge in [0.15, 0.2) is 0 Å². The molecule has 0 heterocycles. The van der Waals surface area contributed by atoms with Crippen molar-refractivity contribution in [2.45, 2.75) is 129 Å². The minimum atomic E-state index is 1.12. The van der Waals surface area contributed by atoms with Gasteiger partial charge >= 0.3 is 0 Å². The molecular weight excluding hydrogens is 276 g/mol. The highest BCUT2D eigenvalue weighted by Gasteiger charge is 2.34. The van der Waals surface area contributed by atoms with Crippen molar-refractivity contribution in [3.8, 4) is 0 Å². The van der Waals surface area contributed by atoms with Crippen molar-refractivity contribution < 1.29 is 0 Å². The van der Waals surface area contributed by atoms with Gasteiger partial charge in [-0.15, -0.1) is 0 Å². The highest BCUT2D eigenvalue weighted by molar-refractivity contribution is 4.85. The first-order valence-corrected chi connectivity index (χ1v) is 11.4. The van der Waals surface area contributed by atoms with E-state index in [-0.39, 0.29) is 0 Å². The molecule has 0 heteroatoms. The predicted octanol–water partition coefficient (Wildman–Crippen LogP) is 8.29. The van der Waals surface area contributed by atoms with Crippen LogP contribution in [0.15, 0.2) is 0 Å². The van der Waals surface area contributed by atoms with Gasteiger partial charge in [-0.2, -0.15) is 0 Å². The lowest BCUT2D eigenvalue weighted by Crippen LogP contribution is -2.30. The fraction of sp³-hybridized carbons (Fsp3) is 1.00. The Bertz CT molecular complexity index is 267. The zero-order valence-electron chi connectivity index (χ0n) is 16.2. The first-order valence-electron chi connectivity index (χ1n) is 11.4. The van der Waals surface area contributed by atoms with E-state index in [0.717, 1.165) is 17.8 Å². The molecule has 3 unspecified atom stereocenters. The predicted molar refractivity (Wildman–Crippen MR) is 104 cm³/mol. The van der Waals surface area contributed by atoms with Crippen LogP contribution in [0.3, 0.4) is 0 Å². The molecule has 0 aromatic heterocycles. The quantitative estimate of drug-likeness (QED) is 0.317. The molecule has 0 nitrogen and oxygen atoms in total. The van der Waals surface area contributed by atoms with E-state index < -0.39 is 0 Å². The molecule has 136 valence electrons. The summed E-state index contributed by atoms with van der Waals surface area (Å²) in [6, 6.07) is 0. The van der Waals surface area contributed by atoms with Crippen molar-refractivity contribution in [1.82, 2.24) is 0 Å². The minimum absolute atomic E-state index is 1.12. The molecule has 0 radical (unpaired) electrons. The maximum Gasteiger partial charge on any atom is -0.0357 e. The lowest BCUT2D eigenvalue weighted by atomic mass is 9.64. The van der Waals surface area contributed by atoms with Crippen LogP contribution in [0.2, 0.25) is 0 Å². The maximum atomic E-state index is 2.31. The Morgan fingerprint density at radius 1 is 0.565 bits per heavy atom. The van der Waals surface area contributed by atoms with E-state index in [2.05, 4.69) is 6.92 Å². The van der Waals surface area contributed by atoms with Gasteiger partial charge in [0, 0.05) is 0 Å². The average molecular weight is 321 g/mol. The molecule has 2 aliphatic rings. The molecule has 2 rings (SSSR count). The van der Waals surface area contributed by atoms with Crippen molar-refractivity contribution in [2.24, 2.45) is 17.8 Å². The van der Waals surface area contributed by atoms with Crippen LogP contribution in [0.1, 0.15) is 129 Å². The summed E-state index contributed by atoms with van der Waals surface area (Å²) in [5.41, 5.74) is 0. The summed E-state index contributed by atoms with van der Waals surface area (Å²) < 4.78 is 0. The van der Waals surface area contributed by atoms with Crippen molar-refractivity contribution in [1.29, 1.82) is 0 Å². The van der Waals surface area contributed by atoms with Gasteiger partial charge in [0.25, 0.3) is 0 Å². The van der Waals surface area contributed by atoms with Crippen molar-refractivity contribution in [2.75, 3.05) is 0 Å². The fourth-order valence-corrected chi connectivity index (χ4v) is 5.50. The number of hydrogen-bond acceptors (Lipinski definition) is 0. The summed E-state index contributed by atoms with van der Waals surface area (Å²) in [5.74, 6) is 3.39. The Labute approximate surface area is 147 Å². The Morgan fingerprint density at radius 2 is 1.13 bits per heavy atom. The molecule has 2 fully saturated rings. The number of hydrogen-bond donors (Lipinski definition) is 0. The average Bonchev–Trinajstić information content (AvgIpc) is 2.60. The van der Waals surface area contributed by atoms with Gasteiger partial charge in [-0.25, -0.2) is 0 Å². The van der Waals surface area contributed by atoms with E-state index in [1.54, 1.807) is 38.5 Å². The maximum absolute atomic E-state index is 2.31. The van der Waals surface area contributed by atoms with E-state index in [4.69, 9.17) is 0 Å². The third kappa shape index (κ3) is 7.61. The summed E-state index contributed by atoms with van der Waals surface area (Å²) in [5, 5.41) is 0. The second kappa shape index (κ2) is 12.4. The van der Waals surface area contributed by atoms with E-state index >= 15 is 0 Å². The largest absolute Gasteiger partial charge is 0.0654 e. The SMILES string of the molecule is CCCCCCCCCCCCCC1CCCC2CCCCC12. The molecule has 0 aromatic carbocycles. The van der Waals surface area contributed by atoms with Crippen LogP contribution < -0.4 is 0 Å². The van der Waals surface area contributed by atoms with Crippen molar-refractivity contribution in [3.63, 3.8) is 0 Å². The lowest BCUT2D eigenvalue weighted by Gasteiger charge is -2.41. The van der Waals surface area contributed by atoms with Gasteiger partial charge in [-0.1, -0.05) is 122 Å². The molecule has 0 amide bonds. The lowest BCUT2D eigenvalue weighted by molar-refractivity contribution is 0.0961. The van der Waals surface area contributed by atoms with Gasteiger partial charge < -0.3 is 0 Å². The Balaban J connectivity index is 1.41. The molecule has 3 atom stereocenters. The molecule has 0 aliphatic heterocycles. The molecule has 0 bridgehead atoms. The first kappa shape index (κ1) is 19.3. The molecular formula is C23H44. The smallest absolute Gasteiger partial charge is 0.0357 e. The van der Waals surface area contributed by atoms with Crippen molar-refractivity contribution in [3.05, 3.63) is 0 Å². The molecule has 23 heavy (non-hydrogen) atoms. The third-order valence-corrected chi connectivity index (χ3v) is 6.90. The normalized spacial score (nSPS) is 27.8. The third-order valence-electron chi connectivity index (χ3n) is 6.90. The Hall–Kier alpha value is 0. The van der Waals surface area contributed by atoms with E-state index in [1.165, 1.54) is 83.5 Å². The summed E-state index contributed by atoms with van der Waals surface area (Å²) in [6.45, 7) is 2.31. The van der Waals surface area contributed by atoms with Crippen LogP contribution >= 0.6 is 0 Å². The monoisotopic (exact) mass is 320 g/mol. The van der Waals surface area contributed by atoms with Gasteiger partial charge in [0.05, 0.1) is 0 Å². The van der Waals surface area contributed by atoms with Crippen LogP contribution in [0, 0.1) is 17.8 Å². The highest BCUT2D eigenvalue weighted by atomic mass is 14.4. The number of fused-ring (bicyclic) bond motifs is 1. The number of rotatable bonds is 12. The zero-order chi connectivity index (χ0) is 16.2. The second-order valence-electron chi connectivity index (χ2n) is 8.72. The highest BCUT2D eigenvalue weighted by Crippen LogP contribution is 2.45. The van der Waals surface area contributed by atoms with Crippen LogP contribution in [0.4, 0.5) is 0 Å². The molecule has 0 spiro atoms. The number of unbranched alkanes of at least 4 members (excludes halogenated alkanes) is 10. The Morgan fingerprint density at radius 3 is 1.83 bits per heavy atom. The summed E-state index contributed by atoms with van der Waals surface area (Å²) in [4.78, 5) is 0.